The number of amides is 2. The fraction of sp³-hybridized carbons (Fsp3) is 0.444. The van der Waals surface area contributed by atoms with Gasteiger partial charge in [0.25, 0.3) is 0 Å². The molecular formula is C27H32N2O5. The molecule has 4 rings (SSSR count). The number of carbonyl (C=O) groups excluding carboxylic acids is 2. The van der Waals surface area contributed by atoms with Crippen molar-refractivity contribution in [1.82, 2.24) is 10.6 Å². The number of aliphatic carboxylic acids is 1. The lowest BCUT2D eigenvalue weighted by Crippen LogP contribution is -2.45. The van der Waals surface area contributed by atoms with Crippen LogP contribution in [0.1, 0.15) is 56.6 Å². The summed E-state index contributed by atoms with van der Waals surface area (Å²) in [5.74, 6) is -0.994. The minimum Gasteiger partial charge on any atom is -0.481 e. The smallest absolute Gasteiger partial charge is 0.407 e. The Bertz CT molecular complexity index is 1020. The molecule has 2 aliphatic carbocycles. The first-order valence-electron chi connectivity index (χ1n) is 12.0. The number of nitrogens with one attached hydrogen (secondary N) is 2. The van der Waals surface area contributed by atoms with E-state index in [4.69, 9.17) is 9.84 Å². The van der Waals surface area contributed by atoms with E-state index in [2.05, 4.69) is 34.9 Å². The molecule has 2 atom stereocenters. The van der Waals surface area contributed by atoms with Gasteiger partial charge in [0.1, 0.15) is 6.61 Å². The summed E-state index contributed by atoms with van der Waals surface area (Å²) in [7, 11) is 0. The monoisotopic (exact) mass is 464 g/mol. The fourth-order valence-electron chi connectivity index (χ4n) is 4.73. The molecule has 34 heavy (non-hydrogen) atoms. The summed E-state index contributed by atoms with van der Waals surface area (Å²) in [6.07, 6.45) is 1.35. The van der Waals surface area contributed by atoms with Crippen LogP contribution in [0.25, 0.3) is 11.1 Å². The maximum atomic E-state index is 12.7. The van der Waals surface area contributed by atoms with Crippen molar-refractivity contribution in [3.05, 3.63) is 59.7 Å². The van der Waals surface area contributed by atoms with Crippen molar-refractivity contribution in [2.75, 3.05) is 6.61 Å². The number of rotatable bonds is 10. The highest BCUT2D eigenvalue weighted by atomic mass is 16.5. The third-order valence-electron chi connectivity index (χ3n) is 6.79. The second-order valence-electron chi connectivity index (χ2n) is 9.63. The third kappa shape index (κ3) is 5.58. The highest BCUT2D eigenvalue weighted by Gasteiger charge is 2.35. The molecule has 2 amide bonds. The first kappa shape index (κ1) is 23.8. The van der Waals surface area contributed by atoms with E-state index < -0.39 is 18.1 Å². The molecule has 0 saturated heterocycles. The summed E-state index contributed by atoms with van der Waals surface area (Å²) < 4.78 is 5.64. The number of carbonyl (C=O) groups is 3. The maximum absolute atomic E-state index is 12.7. The average molecular weight is 465 g/mol. The van der Waals surface area contributed by atoms with Crippen molar-refractivity contribution in [1.29, 1.82) is 0 Å². The lowest BCUT2D eigenvalue weighted by molar-refractivity contribution is -0.138. The van der Waals surface area contributed by atoms with Crippen molar-refractivity contribution in [2.24, 2.45) is 11.8 Å². The number of alkyl carbamates (subject to hydrolysis) is 1. The Kier molecular flexibility index (Phi) is 7.20. The van der Waals surface area contributed by atoms with Gasteiger partial charge in [0.15, 0.2) is 0 Å². The van der Waals surface area contributed by atoms with E-state index in [1.165, 1.54) is 11.1 Å². The predicted octanol–water partition coefficient (Wildman–Crippen LogP) is 4.31. The van der Waals surface area contributed by atoms with Gasteiger partial charge in [-0.15, -0.1) is 0 Å². The Labute approximate surface area is 199 Å². The minimum absolute atomic E-state index is 0.00508. The van der Waals surface area contributed by atoms with Gasteiger partial charge in [0, 0.05) is 24.4 Å². The Morgan fingerprint density at radius 1 is 0.941 bits per heavy atom. The molecule has 2 unspecified atom stereocenters. The molecule has 2 aliphatic rings. The summed E-state index contributed by atoms with van der Waals surface area (Å²) in [6, 6.07) is 15.6. The summed E-state index contributed by atoms with van der Waals surface area (Å²) in [4.78, 5) is 36.4. The van der Waals surface area contributed by atoms with Gasteiger partial charge in [0.2, 0.25) is 5.91 Å². The molecule has 0 aromatic heterocycles. The van der Waals surface area contributed by atoms with Crippen LogP contribution >= 0.6 is 0 Å². The molecular weight excluding hydrogens is 432 g/mol. The van der Waals surface area contributed by atoms with E-state index in [9.17, 15) is 14.4 Å². The van der Waals surface area contributed by atoms with Crippen LogP contribution in [-0.2, 0) is 14.3 Å². The van der Waals surface area contributed by atoms with Crippen LogP contribution in [0.5, 0.6) is 0 Å². The quantitative estimate of drug-likeness (QED) is 0.486. The number of carboxylic acids is 1. The summed E-state index contributed by atoms with van der Waals surface area (Å²) in [5.41, 5.74) is 4.63. The molecule has 0 radical (unpaired) electrons. The molecule has 1 saturated carbocycles. The lowest BCUT2D eigenvalue weighted by Gasteiger charge is -2.23. The van der Waals surface area contributed by atoms with E-state index in [0.717, 1.165) is 24.0 Å². The average Bonchev–Trinajstić information content (AvgIpc) is 3.59. The number of carboxylic acid groups (broad SMARTS) is 1. The minimum atomic E-state index is -0.950. The van der Waals surface area contributed by atoms with Gasteiger partial charge in [0.05, 0.1) is 6.42 Å². The van der Waals surface area contributed by atoms with Gasteiger partial charge in [-0.3, -0.25) is 9.59 Å². The highest BCUT2D eigenvalue weighted by Crippen LogP contribution is 2.44. The van der Waals surface area contributed by atoms with Crippen molar-refractivity contribution >= 4 is 18.0 Å². The number of benzene rings is 2. The standard InChI is InChI=1S/C27H32N2O5/c1-16(2)23(14-26(31)32)28-25(30)13-24(17-11-12-17)29-27(33)34-15-22-20-9-5-3-7-18(20)19-8-4-6-10-21(19)22/h3-10,16-17,22-24H,11-15H2,1-2H3,(H,28,30)(H,29,33)(H,31,32). The molecule has 7 nitrogen and oxygen atoms in total. The maximum Gasteiger partial charge on any atom is 0.407 e. The van der Waals surface area contributed by atoms with Crippen molar-refractivity contribution in [2.45, 2.75) is 57.5 Å². The van der Waals surface area contributed by atoms with Crippen LogP contribution in [0.3, 0.4) is 0 Å². The molecule has 7 heteroatoms. The normalized spacial score (nSPS) is 16.3. The number of ether oxygens (including phenoxy) is 1. The van der Waals surface area contributed by atoms with Gasteiger partial charge in [-0.25, -0.2) is 4.79 Å². The Hall–Kier alpha value is -3.35. The zero-order valence-electron chi connectivity index (χ0n) is 19.6. The molecule has 2 aromatic carbocycles. The molecule has 0 aliphatic heterocycles. The zero-order valence-corrected chi connectivity index (χ0v) is 19.6. The Morgan fingerprint density at radius 2 is 1.53 bits per heavy atom. The summed E-state index contributed by atoms with van der Waals surface area (Å²) >= 11 is 0. The van der Waals surface area contributed by atoms with Crippen LogP contribution in [0, 0.1) is 11.8 Å². The highest BCUT2D eigenvalue weighted by molar-refractivity contribution is 5.80. The Balaban J connectivity index is 1.34. The fourth-order valence-corrected chi connectivity index (χ4v) is 4.73. The van der Waals surface area contributed by atoms with E-state index in [0.29, 0.717) is 0 Å². The van der Waals surface area contributed by atoms with E-state index in [-0.39, 0.29) is 49.2 Å². The van der Waals surface area contributed by atoms with Gasteiger partial charge in [-0.2, -0.15) is 0 Å². The molecule has 0 heterocycles. The first-order chi connectivity index (χ1) is 16.3. The van der Waals surface area contributed by atoms with Crippen molar-refractivity contribution < 1.29 is 24.2 Å². The molecule has 2 aromatic rings. The lowest BCUT2D eigenvalue weighted by atomic mass is 9.98. The number of hydrogen-bond acceptors (Lipinski definition) is 4. The van der Waals surface area contributed by atoms with Crippen LogP contribution in [0.4, 0.5) is 4.79 Å². The Morgan fingerprint density at radius 3 is 2.06 bits per heavy atom. The molecule has 1 fully saturated rings. The van der Waals surface area contributed by atoms with Gasteiger partial charge in [-0.1, -0.05) is 62.4 Å². The molecule has 3 N–H and O–H groups in total. The van der Waals surface area contributed by atoms with Crippen molar-refractivity contribution in [3.8, 4) is 11.1 Å². The topological polar surface area (TPSA) is 105 Å². The summed E-state index contributed by atoms with van der Waals surface area (Å²) in [6.45, 7) is 3.97. The van der Waals surface area contributed by atoms with Gasteiger partial charge < -0.3 is 20.5 Å². The zero-order chi connectivity index (χ0) is 24.2. The van der Waals surface area contributed by atoms with Gasteiger partial charge in [-0.05, 0) is 46.9 Å². The van der Waals surface area contributed by atoms with E-state index in [1.807, 2.05) is 38.1 Å². The molecule has 0 bridgehead atoms. The molecule has 180 valence electrons. The van der Waals surface area contributed by atoms with Crippen LogP contribution in [-0.4, -0.2) is 41.8 Å². The van der Waals surface area contributed by atoms with E-state index >= 15 is 0 Å². The van der Waals surface area contributed by atoms with E-state index in [1.54, 1.807) is 0 Å². The van der Waals surface area contributed by atoms with Crippen molar-refractivity contribution in [3.63, 3.8) is 0 Å². The number of fused-ring (bicyclic) bond motifs is 3. The second kappa shape index (κ2) is 10.3. The predicted molar refractivity (Wildman–Crippen MR) is 128 cm³/mol. The van der Waals surface area contributed by atoms with Crippen LogP contribution < -0.4 is 10.6 Å². The SMILES string of the molecule is CC(C)C(CC(=O)O)NC(=O)CC(NC(=O)OCC1c2ccccc2-c2ccccc21)C1CC1. The molecule has 0 spiro atoms. The van der Waals surface area contributed by atoms with Crippen LogP contribution in [0.2, 0.25) is 0 Å². The second-order valence-corrected chi connectivity index (χ2v) is 9.63. The summed E-state index contributed by atoms with van der Waals surface area (Å²) in [5, 5.41) is 14.8. The van der Waals surface area contributed by atoms with Gasteiger partial charge >= 0.3 is 12.1 Å². The third-order valence-corrected chi connectivity index (χ3v) is 6.79. The van der Waals surface area contributed by atoms with Crippen LogP contribution in [0.15, 0.2) is 48.5 Å². The first-order valence-corrected chi connectivity index (χ1v) is 12.0. The largest absolute Gasteiger partial charge is 0.481 e. The number of hydrogen-bond donors (Lipinski definition) is 3.